The number of imidazole rings is 1. The molecule has 7 heteroatoms. The summed E-state index contributed by atoms with van der Waals surface area (Å²) in [5.74, 6) is -6.31. The van der Waals surface area contributed by atoms with E-state index in [4.69, 9.17) is 5.73 Å². The molecule has 21 heavy (non-hydrogen) atoms. The van der Waals surface area contributed by atoms with Gasteiger partial charge in [-0.25, -0.2) is 22.5 Å². The van der Waals surface area contributed by atoms with Crippen molar-refractivity contribution < 1.29 is 17.6 Å². The number of benzene rings is 2. The molecule has 0 unspecified atom stereocenters. The zero-order valence-electron chi connectivity index (χ0n) is 10.8. The van der Waals surface area contributed by atoms with E-state index in [9.17, 15) is 17.6 Å². The van der Waals surface area contributed by atoms with E-state index in [2.05, 4.69) is 4.98 Å². The van der Waals surface area contributed by atoms with Crippen LogP contribution in [0.4, 0.5) is 23.5 Å². The fraction of sp³-hybridized carbons (Fsp3) is 0.0714. The third kappa shape index (κ3) is 1.84. The van der Waals surface area contributed by atoms with Gasteiger partial charge in [-0.15, -0.1) is 0 Å². The molecule has 0 bridgehead atoms. The lowest BCUT2D eigenvalue weighted by molar-refractivity contribution is 0.449. The molecule has 2 aromatic carbocycles. The lowest BCUT2D eigenvalue weighted by Gasteiger charge is -2.11. The average molecular weight is 295 g/mol. The minimum atomic E-state index is -1.52. The van der Waals surface area contributed by atoms with Crippen molar-refractivity contribution in [1.82, 2.24) is 9.55 Å². The Bertz CT molecular complexity index is 844. The number of fused-ring (bicyclic) bond motifs is 1. The molecule has 0 amide bonds. The summed E-state index contributed by atoms with van der Waals surface area (Å²) in [6.07, 6.45) is 0. The van der Waals surface area contributed by atoms with Gasteiger partial charge in [-0.1, -0.05) is 12.1 Å². The van der Waals surface area contributed by atoms with Crippen molar-refractivity contribution in [2.45, 2.75) is 6.92 Å². The average Bonchev–Trinajstić information content (AvgIpc) is 2.75. The van der Waals surface area contributed by atoms with Gasteiger partial charge in [0.05, 0.1) is 11.0 Å². The van der Waals surface area contributed by atoms with Crippen LogP contribution in [0.1, 0.15) is 5.56 Å². The summed E-state index contributed by atoms with van der Waals surface area (Å²) in [4.78, 5) is 3.95. The Balaban J connectivity index is 2.50. The number of aryl methyl sites for hydroxylation is 1. The van der Waals surface area contributed by atoms with E-state index in [0.717, 1.165) is 4.57 Å². The van der Waals surface area contributed by atoms with Crippen molar-refractivity contribution >= 4 is 17.0 Å². The number of halogens is 4. The van der Waals surface area contributed by atoms with Crippen molar-refractivity contribution in [3.63, 3.8) is 0 Å². The Labute approximate surface area is 116 Å². The van der Waals surface area contributed by atoms with Gasteiger partial charge in [-0.3, -0.25) is 4.57 Å². The number of nitrogens with two attached hydrogens (primary N) is 1. The second kappa shape index (κ2) is 4.47. The van der Waals surface area contributed by atoms with Gasteiger partial charge in [0.1, 0.15) is 5.69 Å². The van der Waals surface area contributed by atoms with Gasteiger partial charge in [-0.05, 0) is 18.6 Å². The van der Waals surface area contributed by atoms with Crippen LogP contribution >= 0.6 is 0 Å². The highest BCUT2D eigenvalue weighted by molar-refractivity contribution is 5.84. The monoisotopic (exact) mass is 295 g/mol. The maximum Gasteiger partial charge on any atom is 0.206 e. The summed E-state index contributed by atoms with van der Waals surface area (Å²) in [6, 6.07) is 5.09. The highest BCUT2D eigenvalue weighted by Gasteiger charge is 2.24. The number of hydrogen-bond acceptors (Lipinski definition) is 2. The first kappa shape index (κ1) is 13.4. The van der Waals surface area contributed by atoms with Crippen LogP contribution in [0.25, 0.3) is 16.7 Å². The predicted molar refractivity (Wildman–Crippen MR) is 70.1 cm³/mol. The largest absolute Gasteiger partial charge is 0.369 e. The normalized spacial score (nSPS) is 11.3. The molecule has 3 rings (SSSR count). The summed E-state index contributed by atoms with van der Waals surface area (Å²) in [5.41, 5.74) is 6.02. The molecule has 2 N–H and O–H groups in total. The first-order valence-electron chi connectivity index (χ1n) is 5.98. The van der Waals surface area contributed by atoms with E-state index in [1.54, 1.807) is 25.1 Å². The molecule has 0 saturated heterocycles. The molecule has 3 nitrogen and oxygen atoms in total. The summed E-state index contributed by atoms with van der Waals surface area (Å²) in [7, 11) is 0. The second-order valence-corrected chi connectivity index (χ2v) is 4.56. The maximum absolute atomic E-state index is 14.0. The first-order chi connectivity index (χ1) is 9.91. The predicted octanol–water partition coefficient (Wildman–Crippen LogP) is 3.47. The summed E-state index contributed by atoms with van der Waals surface area (Å²) < 4.78 is 55.6. The van der Waals surface area contributed by atoms with Crippen LogP contribution in [0.15, 0.2) is 24.3 Å². The van der Waals surface area contributed by atoms with E-state index in [-0.39, 0.29) is 17.5 Å². The highest BCUT2D eigenvalue weighted by Crippen LogP contribution is 2.30. The van der Waals surface area contributed by atoms with Gasteiger partial charge < -0.3 is 5.73 Å². The number of rotatable bonds is 1. The number of para-hydroxylation sites is 1. The van der Waals surface area contributed by atoms with E-state index in [0.29, 0.717) is 11.1 Å². The molecule has 0 aliphatic carbocycles. The molecular formula is C14H9F4N3. The Morgan fingerprint density at radius 3 is 2.29 bits per heavy atom. The molecule has 0 atom stereocenters. The van der Waals surface area contributed by atoms with E-state index >= 15 is 0 Å². The van der Waals surface area contributed by atoms with E-state index in [1.807, 2.05) is 0 Å². The Morgan fingerprint density at radius 1 is 1.05 bits per heavy atom. The molecule has 0 aliphatic rings. The molecule has 0 radical (unpaired) electrons. The number of nitrogens with zero attached hydrogens (tertiary/aromatic N) is 2. The zero-order chi connectivity index (χ0) is 15.3. The third-order valence-corrected chi connectivity index (χ3v) is 3.22. The highest BCUT2D eigenvalue weighted by atomic mass is 19.2. The SMILES string of the molecule is Cc1cccc2nc(N)n(-c3c(F)c(F)cc(F)c3F)c12. The van der Waals surface area contributed by atoms with Gasteiger partial charge in [-0.2, -0.15) is 0 Å². The Morgan fingerprint density at radius 2 is 1.67 bits per heavy atom. The van der Waals surface area contributed by atoms with Crippen LogP contribution in [-0.4, -0.2) is 9.55 Å². The quantitative estimate of drug-likeness (QED) is 0.552. The topological polar surface area (TPSA) is 43.8 Å². The van der Waals surface area contributed by atoms with Crippen molar-refractivity contribution in [1.29, 1.82) is 0 Å². The zero-order valence-corrected chi connectivity index (χ0v) is 10.8. The van der Waals surface area contributed by atoms with Crippen molar-refractivity contribution in [2.24, 2.45) is 0 Å². The van der Waals surface area contributed by atoms with E-state index in [1.165, 1.54) is 0 Å². The molecule has 0 saturated carbocycles. The minimum Gasteiger partial charge on any atom is -0.369 e. The summed E-state index contributed by atoms with van der Waals surface area (Å²) in [5, 5.41) is 0. The van der Waals surface area contributed by atoms with Crippen molar-refractivity contribution in [2.75, 3.05) is 5.73 Å². The van der Waals surface area contributed by atoms with Gasteiger partial charge in [0.25, 0.3) is 0 Å². The maximum atomic E-state index is 14.0. The van der Waals surface area contributed by atoms with Crippen LogP contribution in [0.3, 0.4) is 0 Å². The Hall–Kier alpha value is -2.57. The molecule has 0 spiro atoms. The molecule has 1 aromatic heterocycles. The van der Waals surface area contributed by atoms with E-state index < -0.39 is 29.0 Å². The van der Waals surface area contributed by atoms with Crippen LogP contribution in [0.2, 0.25) is 0 Å². The lowest BCUT2D eigenvalue weighted by Crippen LogP contribution is -2.09. The number of hydrogen-bond donors (Lipinski definition) is 1. The van der Waals surface area contributed by atoms with Crippen molar-refractivity contribution in [3.8, 4) is 5.69 Å². The van der Waals surface area contributed by atoms with Gasteiger partial charge in [0.2, 0.25) is 5.95 Å². The summed E-state index contributed by atoms with van der Waals surface area (Å²) >= 11 is 0. The fourth-order valence-corrected chi connectivity index (χ4v) is 2.30. The molecular weight excluding hydrogens is 286 g/mol. The van der Waals surface area contributed by atoms with Crippen LogP contribution in [0.5, 0.6) is 0 Å². The van der Waals surface area contributed by atoms with Gasteiger partial charge in [0, 0.05) is 6.07 Å². The molecule has 108 valence electrons. The molecule has 1 heterocycles. The summed E-state index contributed by atoms with van der Waals surface area (Å²) in [6.45, 7) is 1.67. The Kier molecular flexibility index (Phi) is 2.86. The smallest absolute Gasteiger partial charge is 0.206 e. The number of nitrogen functional groups attached to an aromatic ring is 1. The van der Waals surface area contributed by atoms with Gasteiger partial charge in [0.15, 0.2) is 23.3 Å². The van der Waals surface area contributed by atoms with Crippen molar-refractivity contribution in [3.05, 3.63) is 53.1 Å². The number of aromatic nitrogens is 2. The molecule has 0 aliphatic heterocycles. The standard InChI is InChI=1S/C14H9F4N3/c1-6-3-2-4-9-12(6)21(14(19)20-9)13-10(17)7(15)5-8(16)11(13)18/h2-5H,1H3,(H2,19,20). The first-order valence-corrected chi connectivity index (χ1v) is 5.98. The fourth-order valence-electron chi connectivity index (χ4n) is 2.30. The molecule has 0 fully saturated rings. The third-order valence-electron chi connectivity index (χ3n) is 3.22. The van der Waals surface area contributed by atoms with Gasteiger partial charge >= 0.3 is 0 Å². The minimum absolute atomic E-state index is 0.149. The van der Waals surface area contributed by atoms with Crippen LogP contribution in [-0.2, 0) is 0 Å². The van der Waals surface area contributed by atoms with Crippen LogP contribution < -0.4 is 5.73 Å². The lowest BCUT2D eigenvalue weighted by atomic mass is 10.2. The molecule has 3 aromatic rings. The second-order valence-electron chi connectivity index (χ2n) is 4.56. The number of anilines is 1. The van der Waals surface area contributed by atoms with Crippen LogP contribution in [0, 0.1) is 30.2 Å².